The fourth-order valence-electron chi connectivity index (χ4n) is 3.59. The summed E-state index contributed by atoms with van der Waals surface area (Å²) >= 11 is 7.70. The number of imidazole rings is 1. The molecule has 2 aromatic heterocycles. The maximum Gasteiger partial charge on any atom is 0.261 e. The molecule has 160 valence electrons. The van der Waals surface area contributed by atoms with Crippen LogP contribution in [0.25, 0.3) is 11.0 Å². The first-order valence-corrected chi connectivity index (χ1v) is 11.4. The molecule has 0 saturated carbocycles. The summed E-state index contributed by atoms with van der Waals surface area (Å²) in [5.74, 6) is 1.70. The minimum atomic E-state index is -0.0468. The lowest BCUT2D eigenvalue weighted by atomic mass is 10.1. The van der Waals surface area contributed by atoms with Crippen molar-refractivity contribution >= 4 is 39.9 Å². The van der Waals surface area contributed by atoms with Crippen molar-refractivity contribution in [1.29, 1.82) is 0 Å². The normalized spacial score (nSPS) is 11.1. The number of benzene rings is 2. The first kappa shape index (κ1) is 21.4. The van der Waals surface area contributed by atoms with Crippen LogP contribution >= 0.6 is 22.9 Å². The van der Waals surface area contributed by atoms with Gasteiger partial charge in [-0.25, -0.2) is 4.98 Å². The SMILES string of the molecule is Cc1cc(OCCn2c(CCNC(=O)c3cccs3)nc3ccccc32)cc(C)c1Cl. The van der Waals surface area contributed by atoms with E-state index in [-0.39, 0.29) is 5.91 Å². The summed E-state index contributed by atoms with van der Waals surface area (Å²) in [6.45, 7) is 5.66. The predicted octanol–water partition coefficient (Wildman–Crippen LogP) is 5.42. The lowest BCUT2D eigenvalue weighted by Gasteiger charge is -2.13. The summed E-state index contributed by atoms with van der Waals surface area (Å²) in [4.78, 5) is 17.7. The topological polar surface area (TPSA) is 56.1 Å². The number of halogens is 1. The van der Waals surface area contributed by atoms with Crippen molar-refractivity contribution < 1.29 is 9.53 Å². The fourth-order valence-corrected chi connectivity index (χ4v) is 4.34. The summed E-state index contributed by atoms with van der Waals surface area (Å²) < 4.78 is 8.18. The highest BCUT2D eigenvalue weighted by atomic mass is 35.5. The molecule has 0 bridgehead atoms. The maximum absolute atomic E-state index is 12.2. The molecule has 0 radical (unpaired) electrons. The van der Waals surface area contributed by atoms with Gasteiger partial charge in [-0.1, -0.05) is 29.8 Å². The molecule has 4 aromatic rings. The molecule has 1 amide bonds. The van der Waals surface area contributed by atoms with Crippen LogP contribution in [0.4, 0.5) is 0 Å². The van der Waals surface area contributed by atoms with E-state index in [0.717, 1.165) is 43.6 Å². The monoisotopic (exact) mass is 453 g/mol. The van der Waals surface area contributed by atoms with Crippen molar-refractivity contribution in [2.75, 3.05) is 13.2 Å². The molecule has 0 fully saturated rings. The lowest BCUT2D eigenvalue weighted by molar-refractivity contribution is 0.0958. The molecule has 0 saturated heterocycles. The quantitative estimate of drug-likeness (QED) is 0.387. The van der Waals surface area contributed by atoms with Gasteiger partial charge in [0.2, 0.25) is 0 Å². The number of hydrogen-bond donors (Lipinski definition) is 1. The van der Waals surface area contributed by atoms with Crippen molar-refractivity contribution in [3.8, 4) is 5.75 Å². The van der Waals surface area contributed by atoms with E-state index in [1.54, 1.807) is 0 Å². The van der Waals surface area contributed by atoms with Crippen LogP contribution in [0.3, 0.4) is 0 Å². The standard InChI is InChI=1S/C24H24ClN3O2S/c1-16-14-18(15-17(2)23(16)25)30-12-11-28-20-7-4-3-6-19(20)27-22(28)9-10-26-24(29)21-8-5-13-31-21/h3-8,13-15H,9-12H2,1-2H3,(H,26,29). The van der Waals surface area contributed by atoms with Gasteiger partial charge in [0.1, 0.15) is 18.2 Å². The summed E-state index contributed by atoms with van der Waals surface area (Å²) in [6, 6.07) is 15.7. The van der Waals surface area contributed by atoms with E-state index < -0.39 is 0 Å². The van der Waals surface area contributed by atoms with Crippen molar-refractivity contribution in [2.24, 2.45) is 0 Å². The molecular formula is C24H24ClN3O2S. The number of aromatic nitrogens is 2. The third-order valence-corrected chi connectivity index (χ3v) is 6.57. The van der Waals surface area contributed by atoms with Crippen molar-refractivity contribution in [2.45, 2.75) is 26.8 Å². The largest absolute Gasteiger partial charge is 0.492 e. The van der Waals surface area contributed by atoms with E-state index in [0.29, 0.717) is 26.1 Å². The van der Waals surface area contributed by atoms with Crippen LogP contribution in [0.1, 0.15) is 26.6 Å². The minimum absolute atomic E-state index is 0.0468. The number of hydrogen-bond acceptors (Lipinski definition) is 4. The van der Waals surface area contributed by atoms with E-state index in [9.17, 15) is 4.79 Å². The van der Waals surface area contributed by atoms with Crippen LogP contribution < -0.4 is 10.1 Å². The maximum atomic E-state index is 12.2. The second-order valence-electron chi connectivity index (χ2n) is 7.37. The molecule has 31 heavy (non-hydrogen) atoms. The van der Waals surface area contributed by atoms with E-state index in [1.807, 2.05) is 61.7 Å². The first-order chi connectivity index (χ1) is 15.0. The molecule has 0 aliphatic rings. The molecule has 4 rings (SSSR count). The molecule has 2 aromatic carbocycles. The third kappa shape index (κ3) is 4.92. The zero-order chi connectivity index (χ0) is 21.8. The average molecular weight is 454 g/mol. The Hall–Kier alpha value is -2.83. The molecule has 7 heteroatoms. The minimum Gasteiger partial charge on any atom is -0.492 e. The van der Waals surface area contributed by atoms with Crippen LogP contribution in [-0.4, -0.2) is 28.6 Å². The smallest absolute Gasteiger partial charge is 0.261 e. The highest BCUT2D eigenvalue weighted by molar-refractivity contribution is 7.12. The van der Waals surface area contributed by atoms with E-state index in [4.69, 9.17) is 21.3 Å². The Labute approximate surface area is 190 Å². The number of para-hydroxylation sites is 2. The van der Waals surface area contributed by atoms with Crippen molar-refractivity contribution in [1.82, 2.24) is 14.9 Å². The second kappa shape index (κ2) is 9.54. The van der Waals surface area contributed by atoms with Gasteiger partial charge in [0.25, 0.3) is 5.91 Å². The first-order valence-electron chi connectivity index (χ1n) is 10.2. The van der Waals surface area contributed by atoms with Crippen LogP contribution in [0.15, 0.2) is 53.9 Å². The second-order valence-corrected chi connectivity index (χ2v) is 8.70. The predicted molar refractivity (Wildman–Crippen MR) is 127 cm³/mol. The van der Waals surface area contributed by atoms with Gasteiger partial charge < -0.3 is 14.6 Å². The molecule has 0 unspecified atom stereocenters. The van der Waals surface area contributed by atoms with Gasteiger partial charge in [0.05, 0.1) is 22.5 Å². The molecular weight excluding hydrogens is 430 g/mol. The molecule has 2 heterocycles. The number of nitrogens with zero attached hydrogens (tertiary/aromatic N) is 2. The van der Waals surface area contributed by atoms with Crippen molar-refractivity contribution in [3.63, 3.8) is 0 Å². The Balaban J connectivity index is 1.44. The highest BCUT2D eigenvalue weighted by Gasteiger charge is 2.12. The van der Waals surface area contributed by atoms with Gasteiger partial charge in [-0.15, -0.1) is 11.3 Å². The summed E-state index contributed by atoms with van der Waals surface area (Å²) in [5, 5.41) is 5.66. The summed E-state index contributed by atoms with van der Waals surface area (Å²) in [7, 11) is 0. The highest BCUT2D eigenvalue weighted by Crippen LogP contribution is 2.26. The molecule has 5 nitrogen and oxygen atoms in total. The number of rotatable bonds is 8. The Kier molecular flexibility index (Phi) is 6.59. The number of carbonyl (C=O) groups is 1. The Morgan fingerprint density at radius 3 is 2.68 bits per heavy atom. The lowest BCUT2D eigenvalue weighted by Crippen LogP contribution is -2.26. The molecule has 0 atom stereocenters. The molecule has 0 spiro atoms. The molecule has 1 N–H and O–H groups in total. The third-order valence-electron chi connectivity index (χ3n) is 5.11. The van der Waals surface area contributed by atoms with Gasteiger partial charge in [-0.2, -0.15) is 0 Å². The molecule has 0 aliphatic carbocycles. The van der Waals surface area contributed by atoms with Gasteiger partial charge in [0, 0.05) is 18.0 Å². The van der Waals surface area contributed by atoms with Crippen LogP contribution in [0.2, 0.25) is 5.02 Å². The van der Waals surface area contributed by atoms with E-state index in [2.05, 4.69) is 16.0 Å². The Morgan fingerprint density at radius 1 is 1.16 bits per heavy atom. The average Bonchev–Trinajstić information content (AvgIpc) is 3.41. The van der Waals surface area contributed by atoms with E-state index >= 15 is 0 Å². The zero-order valence-corrected chi connectivity index (χ0v) is 19.1. The number of amides is 1. The van der Waals surface area contributed by atoms with Gasteiger partial charge in [0.15, 0.2) is 0 Å². The Morgan fingerprint density at radius 2 is 1.94 bits per heavy atom. The van der Waals surface area contributed by atoms with Crippen molar-refractivity contribution in [3.05, 3.63) is 80.8 Å². The zero-order valence-electron chi connectivity index (χ0n) is 17.5. The molecule has 0 aliphatic heterocycles. The number of fused-ring (bicyclic) bond motifs is 1. The van der Waals surface area contributed by atoms with Crippen LogP contribution in [0, 0.1) is 13.8 Å². The number of ether oxygens (including phenoxy) is 1. The van der Waals surface area contributed by atoms with Gasteiger partial charge >= 0.3 is 0 Å². The fraction of sp³-hybridized carbons (Fsp3) is 0.250. The number of nitrogens with one attached hydrogen (secondary N) is 1. The van der Waals surface area contributed by atoms with Gasteiger partial charge in [-0.3, -0.25) is 4.79 Å². The number of carbonyl (C=O) groups excluding carboxylic acids is 1. The summed E-state index contributed by atoms with van der Waals surface area (Å²) in [5.41, 5.74) is 4.02. The Bertz CT molecular complexity index is 1180. The van der Waals surface area contributed by atoms with Crippen LogP contribution in [0.5, 0.6) is 5.75 Å². The summed E-state index contributed by atoms with van der Waals surface area (Å²) in [6.07, 6.45) is 0.644. The van der Waals surface area contributed by atoms with Gasteiger partial charge in [-0.05, 0) is 60.7 Å². The van der Waals surface area contributed by atoms with E-state index in [1.165, 1.54) is 11.3 Å². The number of thiophene rings is 1. The van der Waals surface area contributed by atoms with Crippen LogP contribution in [-0.2, 0) is 13.0 Å². The number of aryl methyl sites for hydroxylation is 2.